The van der Waals surface area contributed by atoms with E-state index in [1.165, 1.54) is 0 Å². The number of carboxylic acid groups (broad SMARTS) is 1. The fourth-order valence-electron chi connectivity index (χ4n) is 5.39. The number of nitrogens with zero attached hydrogens (tertiary/aromatic N) is 2. The zero-order valence-electron chi connectivity index (χ0n) is 18.2. The molecule has 7 nitrogen and oxygen atoms in total. The van der Waals surface area contributed by atoms with Gasteiger partial charge in [-0.2, -0.15) is 0 Å². The largest absolute Gasteiger partial charge is 0.481 e. The third-order valence-corrected chi connectivity index (χ3v) is 6.73. The number of benzene rings is 1. The van der Waals surface area contributed by atoms with Gasteiger partial charge in [-0.25, -0.2) is 0 Å². The first-order valence-corrected chi connectivity index (χ1v) is 11.3. The van der Waals surface area contributed by atoms with Gasteiger partial charge in [-0.3, -0.25) is 19.3 Å². The number of fused-ring (bicyclic) bond motifs is 3. The number of para-hydroxylation sites is 1. The van der Waals surface area contributed by atoms with E-state index < -0.39 is 5.97 Å². The fourth-order valence-corrected chi connectivity index (χ4v) is 5.39. The molecule has 2 saturated heterocycles. The van der Waals surface area contributed by atoms with Crippen molar-refractivity contribution in [1.29, 1.82) is 0 Å². The van der Waals surface area contributed by atoms with Crippen molar-refractivity contribution >= 4 is 22.8 Å². The number of hydrogen-bond acceptors (Lipinski definition) is 4. The summed E-state index contributed by atoms with van der Waals surface area (Å²) in [6.07, 6.45) is 4.72. The number of aromatic nitrogens is 1. The molecule has 0 aliphatic carbocycles. The highest BCUT2D eigenvalue weighted by molar-refractivity contribution is 5.97. The Morgan fingerprint density at radius 2 is 1.84 bits per heavy atom. The van der Waals surface area contributed by atoms with Gasteiger partial charge in [-0.05, 0) is 70.0 Å². The van der Waals surface area contributed by atoms with Crippen LogP contribution in [0.2, 0.25) is 0 Å². The zero-order valence-corrected chi connectivity index (χ0v) is 18.2. The molecule has 0 radical (unpaired) electrons. The van der Waals surface area contributed by atoms with Crippen LogP contribution in [0.4, 0.5) is 0 Å². The van der Waals surface area contributed by atoms with Gasteiger partial charge in [0.15, 0.2) is 0 Å². The Labute approximate surface area is 182 Å². The molecule has 0 saturated carbocycles. The van der Waals surface area contributed by atoms with Crippen LogP contribution in [-0.2, 0) is 4.79 Å². The smallest absolute Gasteiger partial charge is 0.303 e. The zero-order chi connectivity index (χ0) is 22.1. The van der Waals surface area contributed by atoms with Crippen LogP contribution < -0.4 is 10.9 Å². The van der Waals surface area contributed by atoms with Gasteiger partial charge in [0, 0.05) is 30.6 Å². The quantitative estimate of drug-likeness (QED) is 0.711. The number of hydrogen-bond donors (Lipinski definition) is 2. The predicted molar refractivity (Wildman–Crippen MR) is 119 cm³/mol. The minimum atomic E-state index is -0.753. The van der Waals surface area contributed by atoms with Crippen molar-refractivity contribution in [1.82, 2.24) is 14.8 Å². The Hall–Kier alpha value is -2.67. The second kappa shape index (κ2) is 8.83. The van der Waals surface area contributed by atoms with Gasteiger partial charge in [0.05, 0.1) is 5.52 Å². The van der Waals surface area contributed by atoms with Crippen LogP contribution in [0.5, 0.6) is 0 Å². The van der Waals surface area contributed by atoms with E-state index in [0.717, 1.165) is 43.1 Å². The number of rotatable bonds is 7. The molecule has 1 unspecified atom stereocenters. The highest BCUT2D eigenvalue weighted by atomic mass is 16.4. The summed E-state index contributed by atoms with van der Waals surface area (Å²) in [5.74, 6) is -1.05. The summed E-state index contributed by atoms with van der Waals surface area (Å²) in [6.45, 7) is 4.70. The predicted octanol–water partition coefficient (Wildman–Crippen LogP) is 3.17. The van der Waals surface area contributed by atoms with Crippen molar-refractivity contribution in [3.63, 3.8) is 0 Å². The van der Waals surface area contributed by atoms with Crippen LogP contribution in [0, 0.1) is 0 Å². The molecule has 1 aromatic carbocycles. The van der Waals surface area contributed by atoms with Crippen molar-refractivity contribution < 1.29 is 14.7 Å². The van der Waals surface area contributed by atoms with Crippen molar-refractivity contribution in [3.05, 3.63) is 46.2 Å². The van der Waals surface area contributed by atoms with Crippen LogP contribution in [0.3, 0.4) is 0 Å². The summed E-state index contributed by atoms with van der Waals surface area (Å²) in [6, 6.07) is 10.1. The second-order valence-electron chi connectivity index (χ2n) is 9.15. The Morgan fingerprint density at radius 3 is 2.48 bits per heavy atom. The van der Waals surface area contributed by atoms with Crippen LogP contribution in [-0.4, -0.2) is 51.1 Å². The van der Waals surface area contributed by atoms with E-state index >= 15 is 0 Å². The average molecular weight is 426 g/mol. The maximum atomic E-state index is 13.1. The first-order valence-electron chi connectivity index (χ1n) is 11.3. The maximum absolute atomic E-state index is 13.1. The Morgan fingerprint density at radius 1 is 1.16 bits per heavy atom. The maximum Gasteiger partial charge on any atom is 0.303 e. The number of pyridine rings is 1. The van der Waals surface area contributed by atoms with Crippen LogP contribution >= 0.6 is 0 Å². The standard InChI is InChI=1S/C24H31N3O4/c1-15(2)27-21-7-4-3-6-16(21)12-20(24(27)31)23(30)25-17-13-18-9-10-19(14-17)26(18)11-5-8-22(28)29/h3-4,6-7,12,15,17-19H,5,8-11,13-14H2,1-2H3,(H,25,30)(H,28,29)/t17?,18-,19+. The number of carboxylic acids is 1. The van der Waals surface area contributed by atoms with Gasteiger partial charge in [0.1, 0.15) is 5.56 Å². The lowest BCUT2D eigenvalue weighted by Gasteiger charge is -2.39. The molecule has 1 amide bonds. The molecule has 2 bridgehead atoms. The highest BCUT2D eigenvalue weighted by Gasteiger charge is 2.40. The fraction of sp³-hybridized carbons (Fsp3) is 0.542. The summed E-state index contributed by atoms with van der Waals surface area (Å²) >= 11 is 0. The minimum Gasteiger partial charge on any atom is -0.481 e. The number of amides is 1. The molecule has 2 N–H and O–H groups in total. The van der Waals surface area contributed by atoms with Crippen molar-refractivity contribution in [2.24, 2.45) is 0 Å². The van der Waals surface area contributed by atoms with E-state index in [4.69, 9.17) is 5.11 Å². The normalized spacial score (nSPS) is 23.4. The van der Waals surface area contributed by atoms with Gasteiger partial charge in [-0.15, -0.1) is 0 Å². The molecule has 1 aromatic heterocycles. The van der Waals surface area contributed by atoms with Crippen molar-refractivity contribution in [3.8, 4) is 0 Å². The van der Waals surface area contributed by atoms with Gasteiger partial charge >= 0.3 is 5.97 Å². The van der Waals surface area contributed by atoms with Gasteiger partial charge in [-0.1, -0.05) is 18.2 Å². The first-order chi connectivity index (χ1) is 14.8. The molecule has 3 atom stereocenters. The molecule has 4 rings (SSSR count). The Bertz CT molecular complexity index is 1030. The summed E-state index contributed by atoms with van der Waals surface area (Å²) in [4.78, 5) is 39.5. The molecule has 7 heteroatoms. The Kier molecular flexibility index (Phi) is 6.14. The minimum absolute atomic E-state index is 0.0408. The summed E-state index contributed by atoms with van der Waals surface area (Å²) in [5.41, 5.74) is 0.788. The average Bonchev–Trinajstić information content (AvgIpc) is 2.95. The molecule has 0 spiro atoms. The molecular formula is C24H31N3O4. The van der Waals surface area contributed by atoms with E-state index in [-0.39, 0.29) is 35.5 Å². The molecular weight excluding hydrogens is 394 g/mol. The van der Waals surface area contributed by atoms with Crippen molar-refractivity contribution in [2.75, 3.05) is 6.54 Å². The molecule has 2 fully saturated rings. The molecule has 2 aliphatic rings. The molecule has 2 aromatic rings. The third kappa shape index (κ3) is 4.37. The van der Waals surface area contributed by atoms with Gasteiger partial charge in [0.25, 0.3) is 11.5 Å². The van der Waals surface area contributed by atoms with Crippen LogP contribution in [0.1, 0.15) is 68.8 Å². The number of carbonyl (C=O) groups excluding carboxylic acids is 1. The molecule has 31 heavy (non-hydrogen) atoms. The third-order valence-electron chi connectivity index (χ3n) is 6.73. The first kappa shape index (κ1) is 21.6. The SMILES string of the molecule is CC(C)n1c(=O)c(C(=O)NC2C[C@H]3CC[C@@H](C2)N3CCCC(=O)O)cc2ccccc21. The summed E-state index contributed by atoms with van der Waals surface area (Å²) in [5, 5.41) is 12.9. The van der Waals surface area contributed by atoms with E-state index in [9.17, 15) is 14.4 Å². The highest BCUT2D eigenvalue weighted by Crippen LogP contribution is 2.36. The number of aliphatic carboxylic acids is 1. The van der Waals surface area contributed by atoms with E-state index in [0.29, 0.717) is 18.5 Å². The van der Waals surface area contributed by atoms with Crippen molar-refractivity contribution in [2.45, 2.75) is 76.5 Å². The van der Waals surface area contributed by atoms with Crippen LogP contribution in [0.15, 0.2) is 35.1 Å². The molecule has 2 aliphatic heterocycles. The summed E-state index contributed by atoms with van der Waals surface area (Å²) in [7, 11) is 0. The monoisotopic (exact) mass is 425 g/mol. The number of carbonyl (C=O) groups is 2. The lowest BCUT2D eigenvalue weighted by molar-refractivity contribution is -0.137. The lowest BCUT2D eigenvalue weighted by atomic mass is 9.96. The molecule has 166 valence electrons. The van der Waals surface area contributed by atoms with Gasteiger partial charge in [0.2, 0.25) is 0 Å². The Balaban J connectivity index is 1.49. The number of nitrogens with one attached hydrogen (secondary N) is 1. The van der Waals surface area contributed by atoms with E-state index in [2.05, 4.69) is 10.2 Å². The van der Waals surface area contributed by atoms with E-state index in [1.807, 2.05) is 38.1 Å². The van der Waals surface area contributed by atoms with Crippen LogP contribution in [0.25, 0.3) is 10.9 Å². The van der Waals surface area contributed by atoms with Gasteiger partial charge < -0.3 is 15.0 Å². The number of piperidine rings is 1. The van der Waals surface area contributed by atoms with E-state index in [1.54, 1.807) is 10.6 Å². The topological polar surface area (TPSA) is 91.6 Å². The lowest BCUT2D eigenvalue weighted by Crippen LogP contribution is -2.51. The second-order valence-corrected chi connectivity index (χ2v) is 9.15. The molecule has 3 heterocycles. The summed E-state index contributed by atoms with van der Waals surface area (Å²) < 4.78 is 1.69.